The molecule has 1 saturated carbocycles. The van der Waals surface area contributed by atoms with E-state index < -0.39 is 11.5 Å². The molecular weight excluding hydrogens is 521 g/mol. The highest BCUT2D eigenvalue weighted by molar-refractivity contribution is 6.42. The molecule has 38 heavy (non-hydrogen) atoms. The van der Waals surface area contributed by atoms with Crippen LogP contribution in [0.1, 0.15) is 50.6 Å². The molecule has 0 unspecified atom stereocenters. The second-order valence-electron chi connectivity index (χ2n) is 9.94. The van der Waals surface area contributed by atoms with Crippen LogP contribution in [0.5, 0.6) is 5.75 Å². The van der Waals surface area contributed by atoms with Crippen molar-refractivity contribution in [2.45, 2.75) is 24.3 Å². The van der Waals surface area contributed by atoms with E-state index in [4.69, 9.17) is 27.9 Å². The van der Waals surface area contributed by atoms with Crippen LogP contribution in [-0.2, 0) is 0 Å². The fourth-order valence-electron chi connectivity index (χ4n) is 5.08. The quantitative estimate of drug-likeness (QED) is 0.364. The lowest BCUT2D eigenvalue weighted by molar-refractivity contribution is 0.0477. The van der Waals surface area contributed by atoms with Gasteiger partial charge >= 0.3 is 0 Å². The van der Waals surface area contributed by atoms with Crippen LogP contribution in [0.25, 0.3) is 0 Å². The third kappa shape index (κ3) is 5.02. The third-order valence-electron chi connectivity index (χ3n) is 7.52. The van der Waals surface area contributed by atoms with Crippen LogP contribution in [0.15, 0.2) is 66.7 Å². The van der Waals surface area contributed by atoms with Crippen LogP contribution in [-0.4, -0.2) is 48.9 Å². The first-order valence-corrected chi connectivity index (χ1v) is 13.3. The van der Waals surface area contributed by atoms with Gasteiger partial charge in [-0.15, -0.1) is 0 Å². The van der Waals surface area contributed by atoms with Crippen LogP contribution in [0.2, 0.25) is 10.0 Å². The summed E-state index contributed by atoms with van der Waals surface area (Å²) in [5.41, 5.74) is 0.882. The fourth-order valence-corrected chi connectivity index (χ4v) is 5.38. The molecule has 8 heteroatoms. The van der Waals surface area contributed by atoms with Gasteiger partial charge in [0.05, 0.1) is 28.3 Å². The number of halogens is 2. The molecule has 3 aromatic rings. The number of rotatable bonds is 8. The predicted molar refractivity (Wildman–Crippen MR) is 147 cm³/mol. The number of benzene rings is 3. The number of ketones is 1. The monoisotopic (exact) mass is 547 g/mol. The summed E-state index contributed by atoms with van der Waals surface area (Å²) in [4.78, 5) is 29.7. The first-order chi connectivity index (χ1) is 18.3. The van der Waals surface area contributed by atoms with Gasteiger partial charge in [-0.3, -0.25) is 9.59 Å². The minimum atomic E-state index is -1.25. The van der Waals surface area contributed by atoms with Crippen molar-refractivity contribution < 1.29 is 14.3 Å². The molecule has 1 N–H and O–H groups in total. The molecule has 0 aromatic heterocycles. The summed E-state index contributed by atoms with van der Waals surface area (Å²) in [6, 6.07) is 20.9. The Morgan fingerprint density at radius 3 is 2.34 bits per heavy atom. The van der Waals surface area contributed by atoms with Crippen LogP contribution in [0, 0.1) is 17.2 Å². The second-order valence-corrected chi connectivity index (χ2v) is 10.8. The normalized spacial score (nSPS) is 20.5. The molecule has 1 saturated heterocycles. The van der Waals surface area contributed by atoms with Gasteiger partial charge in [0.2, 0.25) is 0 Å². The smallest absolute Gasteiger partial charge is 0.254 e. The summed E-state index contributed by atoms with van der Waals surface area (Å²) >= 11 is 12.5. The maximum Gasteiger partial charge on any atom is 0.254 e. The molecule has 0 spiro atoms. The van der Waals surface area contributed by atoms with Gasteiger partial charge in [0.25, 0.3) is 5.91 Å². The molecule has 6 nitrogen and oxygen atoms in total. The summed E-state index contributed by atoms with van der Waals surface area (Å²) in [6.45, 7) is 1.40. The summed E-state index contributed by atoms with van der Waals surface area (Å²) in [6.07, 6.45) is 2.40. The minimum Gasteiger partial charge on any atom is -0.493 e. The van der Waals surface area contributed by atoms with Gasteiger partial charge in [0, 0.05) is 37.2 Å². The highest BCUT2D eigenvalue weighted by atomic mass is 35.5. The number of nitrogens with zero attached hydrogens (tertiary/aromatic N) is 2. The van der Waals surface area contributed by atoms with Crippen molar-refractivity contribution in [3.63, 3.8) is 0 Å². The standard InChI is InChI=1S/C30H27Cl2N3O3/c1-35(29(37)22-8-11-24(12-9-22)38-17-20-2-3-20)30(28(36)21-6-4-19(15-33)5-7-21)18-34-16-25(30)23-10-13-26(31)27(32)14-23/h4-14,20,25,34H,2-3,16-18H2,1H3/t25-,30+/m0/s1. The first-order valence-electron chi connectivity index (χ1n) is 12.5. The summed E-state index contributed by atoms with van der Waals surface area (Å²) < 4.78 is 5.82. The molecule has 194 valence electrons. The Morgan fingerprint density at radius 1 is 1.03 bits per heavy atom. The minimum absolute atomic E-state index is 0.219. The van der Waals surface area contributed by atoms with Crippen molar-refractivity contribution >= 4 is 34.9 Å². The lowest BCUT2D eigenvalue weighted by atomic mass is 9.75. The maximum atomic E-state index is 14.3. The van der Waals surface area contributed by atoms with Crippen LogP contribution >= 0.6 is 23.2 Å². The molecule has 0 bridgehead atoms. The number of hydrogen-bond donors (Lipinski definition) is 1. The van der Waals surface area contributed by atoms with E-state index in [1.54, 1.807) is 72.6 Å². The van der Waals surface area contributed by atoms with Crippen LogP contribution < -0.4 is 10.1 Å². The number of ether oxygens (including phenoxy) is 1. The van der Waals surface area contributed by atoms with Crippen molar-refractivity contribution in [2.75, 3.05) is 26.7 Å². The number of nitrogens with one attached hydrogen (secondary N) is 1. The van der Waals surface area contributed by atoms with E-state index in [1.807, 2.05) is 6.07 Å². The Balaban J connectivity index is 1.52. The molecule has 2 atom stereocenters. The van der Waals surface area contributed by atoms with E-state index in [9.17, 15) is 14.9 Å². The third-order valence-corrected chi connectivity index (χ3v) is 8.26. The number of Topliss-reactive ketones (excluding diaryl/α,β-unsaturated/α-hetero) is 1. The van der Waals surface area contributed by atoms with Gasteiger partial charge in [-0.2, -0.15) is 5.26 Å². The molecule has 1 aliphatic heterocycles. The van der Waals surface area contributed by atoms with Crippen molar-refractivity contribution in [3.8, 4) is 11.8 Å². The molecule has 1 heterocycles. The molecule has 2 aliphatic rings. The molecule has 1 aliphatic carbocycles. The molecule has 5 rings (SSSR count). The van der Waals surface area contributed by atoms with Gasteiger partial charge in [-0.05, 0) is 72.9 Å². The van der Waals surface area contributed by atoms with Gasteiger partial charge in [-0.1, -0.05) is 41.4 Å². The SMILES string of the molecule is CN(C(=O)c1ccc(OCC2CC2)cc1)[C@]1(C(=O)c2ccc(C#N)cc2)CNC[C@H]1c1ccc(Cl)c(Cl)c1. The highest BCUT2D eigenvalue weighted by Gasteiger charge is 2.54. The van der Waals surface area contributed by atoms with Crippen molar-refractivity contribution in [3.05, 3.63) is 99.0 Å². The van der Waals surface area contributed by atoms with E-state index in [0.717, 1.165) is 11.3 Å². The van der Waals surface area contributed by atoms with E-state index >= 15 is 0 Å². The highest BCUT2D eigenvalue weighted by Crippen LogP contribution is 2.41. The Morgan fingerprint density at radius 2 is 1.71 bits per heavy atom. The number of hydrogen-bond acceptors (Lipinski definition) is 5. The maximum absolute atomic E-state index is 14.3. The number of likely N-dealkylation sites (N-methyl/N-ethyl adjacent to an activating group) is 1. The van der Waals surface area contributed by atoms with Crippen LogP contribution in [0.4, 0.5) is 0 Å². The number of carbonyl (C=O) groups excluding carboxylic acids is 2. The van der Waals surface area contributed by atoms with Gasteiger partial charge < -0.3 is 15.0 Å². The fraction of sp³-hybridized carbons (Fsp3) is 0.300. The van der Waals surface area contributed by atoms with Gasteiger partial charge in [-0.25, -0.2) is 0 Å². The Kier molecular flexibility index (Phi) is 7.45. The van der Waals surface area contributed by atoms with E-state index in [2.05, 4.69) is 11.4 Å². The zero-order valence-electron chi connectivity index (χ0n) is 20.9. The molecule has 2 fully saturated rings. The average molecular weight is 548 g/mol. The van der Waals surface area contributed by atoms with Crippen molar-refractivity contribution in [1.82, 2.24) is 10.2 Å². The zero-order chi connectivity index (χ0) is 26.9. The topological polar surface area (TPSA) is 82.4 Å². The van der Waals surface area contributed by atoms with Gasteiger partial charge in [0.15, 0.2) is 5.78 Å². The first kappa shape index (κ1) is 26.2. The number of carbonyl (C=O) groups is 2. The Bertz CT molecular complexity index is 1400. The Labute approximate surface area is 232 Å². The number of nitriles is 1. The number of amides is 1. The molecular formula is C30H27Cl2N3O3. The van der Waals surface area contributed by atoms with Crippen molar-refractivity contribution in [1.29, 1.82) is 5.26 Å². The lowest BCUT2D eigenvalue weighted by Crippen LogP contribution is -2.59. The average Bonchev–Trinajstić information content (AvgIpc) is 3.68. The Hall–Kier alpha value is -3.37. The van der Waals surface area contributed by atoms with E-state index in [1.165, 1.54) is 12.8 Å². The molecule has 3 aromatic carbocycles. The van der Waals surface area contributed by atoms with E-state index in [-0.39, 0.29) is 18.2 Å². The zero-order valence-corrected chi connectivity index (χ0v) is 22.4. The largest absolute Gasteiger partial charge is 0.493 e. The summed E-state index contributed by atoms with van der Waals surface area (Å²) in [5.74, 6) is 0.452. The van der Waals surface area contributed by atoms with Crippen molar-refractivity contribution in [2.24, 2.45) is 5.92 Å². The summed E-state index contributed by atoms with van der Waals surface area (Å²) in [7, 11) is 1.67. The predicted octanol–water partition coefficient (Wildman–Crippen LogP) is 5.73. The van der Waals surface area contributed by atoms with E-state index in [0.29, 0.717) is 45.8 Å². The van der Waals surface area contributed by atoms with Gasteiger partial charge in [0.1, 0.15) is 11.3 Å². The van der Waals surface area contributed by atoms with Crippen LogP contribution in [0.3, 0.4) is 0 Å². The molecule has 0 radical (unpaired) electrons. The summed E-state index contributed by atoms with van der Waals surface area (Å²) in [5, 5.41) is 13.3. The molecule has 1 amide bonds. The lowest BCUT2D eigenvalue weighted by Gasteiger charge is -2.42. The second kappa shape index (κ2) is 10.8.